The van der Waals surface area contributed by atoms with Crippen molar-refractivity contribution in [1.82, 2.24) is 0 Å². The molecule has 1 aromatic rings. The van der Waals surface area contributed by atoms with Gasteiger partial charge in [0.2, 0.25) is 5.30 Å². The Hall–Kier alpha value is 0.540. The fourth-order valence-electron chi connectivity index (χ4n) is 0.672. The van der Waals surface area contributed by atoms with Crippen molar-refractivity contribution in [2.75, 3.05) is 0 Å². The van der Waals surface area contributed by atoms with Crippen LogP contribution in [-0.4, -0.2) is 42.6 Å². The van der Waals surface area contributed by atoms with Gasteiger partial charge in [0.05, 0.1) is 0 Å². The molecule has 0 aromatic heterocycles. The molecule has 0 amide bonds. The molecule has 1 atom stereocenters. The molecule has 1 unspecified atom stereocenters. The van der Waals surface area contributed by atoms with Crippen LogP contribution in [0.25, 0.3) is 0 Å². The first-order valence-electron chi connectivity index (χ1n) is 2.93. The van der Waals surface area contributed by atoms with Crippen molar-refractivity contribution in [1.29, 1.82) is 0 Å². The van der Waals surface area contributed by atoms with Gasteiger partial charge in [0.25, 0.3) is 0 Å². The Kier molecular flexibility index (Phi) is 5.49. The Morgan fingerprint density at radius 2 is 1.82 bits per heavy atom. The molecule has 0 saturated heterocycles. The van der Waals surface area contributed by atoms with Gasteiger partial charge in [-0.25, -0.2) is 0 Å². The van der Waals surface area contributed by atoms with E-state index in [1.54, 1.807) is 12.1 Å². The topological polar surface area (TPSA) is 37.3 Å². The van der Waals surface area contributed by atoms with Crippen LogP contribution in [0.4, 0.5) is 0 Å². The van der Waals surface area contributed by atoms with Gasteiger partial charge in [0.15, 0.2) is 0 Å². The minimum absolute atomic E-state index is 0. The van der Waals surface area contributed by atoms with Crippen molar-refractivity contribution < 1.29 is 12.3 Å². The maximum Gasteiger partial charge on any atom is 2.00 e. The average molecular weight is 197 g/mol. The van der Waals surface area contributed by atoms with Crippen molar-refractivity contribution in [3.63, 3.8) is 0 Å². The van der Waals surface area contributed by atoms with Crippen LogP contribution in [0.15, 0.2) is 24.3 Å². The van der Waals surface area contributed by atoms with Crippen LogP contribution >= 0.6 is 8.03 Å². The van der Waals surface area contributed by atoms with E-state index in [1.807, 2.05) is 19.1 Å². The van der Waals surface area contributed by atoms with Crippen LogP contribution in [0.1, 0.15) is 8.42 Å². The third-order valence-electron chi connectivity index (χ3n) is 1.25. The van der Waals surface area contributed by atoms with E-state index in [0.29, 0.717) is 5.30 Å². The Morgan fingerprint density at radius 1 is 1.36 bits per heavy atom. The summed E-state index contributed by atoms with van der Waals surface area (Å²) in [5.74, 6) is 0. The van der Waals surface area contributed by atoms with Crippen LogP contribution in [0.5, 0.6) is 0 Å². The van der Waals surface area contributed by atoms with Crippen LogP contribution < -0.4 is 5.30 Å². The summed E-state index contributed by atoms with van der Waals surface area (Å²) in [4.78, 5) is 8.62. The number of benzene rings is 1. The van der Waals surface area contributed by atoms with E-state index in [2.05, 4.69) is 0 Å². The van der Waals surface area contributed by atoms with E-state index in [1.165, 1.54) is 0 Å². The summed E-state index contributed by atoms with van der Waals surface area (Å²) in [6.07, 6.45) is 0. The van der Waals surface area contributed by atoms with Crippen LogP contribution in [0.2, 0.25) is 0 Å². The molecule has 0 fully saturated rings. The zero-order valence-corrected chi connectivity index (χ0v) is 9.42. The maximum absolute atomic E-state index is 10.5. The zero-order valence-electron chi connectivity index (χ0n) is 8.32. The Bertz CT molecular complexity index is 253. The normalized spacial score (nSPS) is 10.2. The summed E-state index contributed by atoms with van der Waals surface area (Å²) in [7, 11) is -2.16. The average Bonchev–Trinajstić information content (AvgIpc) is 1.88. The predicted octanol–water partition coefficient (Wildman–Crippen LogP) is 1.20. The van der Waals surface area contributed by atoms with E-state index in [4.69, 9.17) is 4.89 Å². The van der Waals surface area contributed by atoms with Crippen molar-refractivity contribution in [2.24, 2.45) is 0 Å². The number of aryl methyl sites for hydroxylation is 1. The molecule has 11 heavy (non-hydrogen) atoms. The Morgan fingerprint density at radius 3 is 2.18 bits per heavy atom. The molecule has 0 radical (unpaired) electrons. The largest absolute Gasteiger partial charge is 2.00 e. The van der Waals surface area contributed by atoms with E-state index in [-0.39, 0.29) is 40.6 Å². The molecule has 0 saturated carbocycles. The minimum atomic E-state index is -2.16. The molecule has 0 aliphatic carbocycles. The molecule has 0 spiro atoms. The third kappa shape index (κ3) is 3.64. The van der Waals surface area contributed by atoms with Crippen molar-refractivity contribution in [3.8, 4) is 0 Å². The molecule has 4 heteroatoms. The molecule has 0 heterocycles. The molecular formula is C7H10CaO2P+. The van der Waals surface area contributed by atoms with Gasteiger partial charge in [-0.2, -0.15) is 4.89 Å². The molecule has 0 bridgehead atoms. The van der Waals surface area contributed by atoms with Crippen LogP contribution in [0, 0.1) is 6.92 Å². The second-order valence-electron chi connectivity index (χ2n) is 2.11. The van der Waals surface area contributed by atoms with Crippen molar-refractivity contribution in [2.45, 2.75) is 6.92 Å². The molecule has 2 nitrogen and oxygen atoms in total. The first-order valence-corrected chi connectivity index (χ1v) is 4.14. The first-order chi connectivity index (χ1) is 4.70. The monoisotopic (exact) mass is 197 g/mol. The molecule has 0 aliphatic rings. The molecule has 56 valence electrons. The first kappa shape index (κ1) is 11.5. The second-order valence-corrected chi connectivity index (χ2v) is 3.17. The van der Waals surface area contributed by atoms with E-state index in [0.717, 1.165) is 5.56 Å². The minimum Gasteiger partial charge on any atom is -1.00 e. The van der Waals surface area contributed by atoms with Gasteiger partial charge >= 0.3 is 45.8 Å². The fourth-order valence-corrected chi connectivity index (χ4v) is 1.08. The number of rotatable bonds is 1. The summed E-state index contributed by atoms with van der Waals surface area (Å²) < 4.78 is 10.5. The Balaban J connectivity index is -0.000000333. The number of hydrogen-bond acceptors (Lipinski definition) is 1. The van der Waals surface area contributed by atoms with Gasteiger partial charge in [-0.05, 0) is 23.6 Å². The van der Waals surface area contributed by atoms with Gasteiger partial charge in [0, 0.05) is 0 Å². The summed E-state index contributed by atoms with van der Waals surface area (Å²) >= 11 is 0. The quantitative estimate of drug-likeness (QED) is 0.542. The van der Waals surface area contributed by atoms with Gasteiger partial charge in [-0.1, -0.05) is 17.7 Å². The smallest absolute Gasteiger partial charge is 1.00 e. The van der Waals surface area contributed by atoms with Crippen LogP contribution in [-0.2, 0) is 4.57 Å². The molecule has 0 aliphatic heterocycles. The van der Waals surface area contributed by atoms with Gasteiger partial charge in [-0.3, -0.25) is 0 Å². The summed E-state index contributed by atoms with van der Waals surface area (Å²) in [6, 6.07) is 6.96. The molecule has 1 aromatic carbocycles. The Labute approximate surface area is 99.5 Å². The van der Waals surface area contributed by atoms with Gasteiger partial charge in [-0.15, -0.1) is 0 Å². The van der Waals surface area contributed by atoms with Crippen molar-refractivity contribution >= 4 is 51.1 Å². The molecule has 1 rings (SSSR count). The second kappa shape index (κ2) is 5.23. The third-order valence-corrected chi connectivity index (χ3v) is 1.99. The standard InChI is InChI=1S/C7H7O2P.Ca.2H/c1-6-2-4-7(5-3-6)10(8)9;;;/h2-5H,1H3;;;/q;+2;2*-1/p+1. The van der Waals surface area contributed by atoms with E-state index < -0.39 is 8.03 Å². The summed E-state index contributed by atoms with van der Waals surface area (Å²) in [5, 5.41) is 0.487. The molecule has 1 N–H and O–H groups in total. The van der Waals surface area contributed by atoms with Crippen LogP contribution in [0.3, 0.4) is 0 Å². The van der Waals surface area contributed by atoms with E-state index >= 15 is 0 Å². The van der Waals surface area contributed by atoms with Gasteiger partial charge < -0.3 is 2.85 Å². The molecular weight excluding hydrogens is 187 g/mol. The van der Waals surface area contributed by atoms with Gasteiger partial charge in [0.1, 0.15) is 0 Å². The SMILES string of the molecule is Cc1ccc([P+](=O)O)cc1.[Ca+2].[H-].[H-]. The summed E-state index contributed by atoms with van der Waals surface area (Å²) in [5.41, 5.74) is 1.10. The predicted molar refractivity (Wildman–Crippen MR) is 48.6 cm³/mol. The van der Waals surface area contributed by atoms with E-state index in [9.17, 15) is 4.57 Å². The zero-order chi connectivity index (χ0) is 7.56. The maximum atomic E-state index is 10.5. The number of hydrogen-bond donors (Lipinski definition) is 1. The van der Waals surface area contributed by atoms with Crippen molar-refractivity contribution in [3.05, 3.63) is 29.8 Å². The summed E-state index contributed by atoms with van der Waals surface area (Å²) in [6.45, 7) is 1.94. The fraction of sp³-hybridized carbons (Fsp3) is 0.143.